The molecule has 0 saturated carbocycles. The minimum Gasteiger partial charge on any atom is -0.475 e. The molecule has 14 heteroatoms. The van der Waals surface area contributed by atoms with Gasteiger partial charge in [0, 0.05) is 17.5 Å². The summed E-state index contributed by atoms with van der Waals surface area (Å²) in [6.45, 7) is 7.20. The molecular weight excluding hydrogens is 503 g/mol. The highest BCUT2D eigenvalue weighted by atomic mass is 35.5. The predicted octanol–water partition coefficient (Wildman–Crippen LogP) is 4.98. The van der Waals surface area contributed by atoms with Crippen molar-refractivity contribution in [1.82, 2.24) is 0 Å². The minimum absolute atomic E-state index is 0.114. The van der Waals surface area contributed by atoms with Crippen LogP contribution in [0.5, 0.6) is 5.75 Å². The average Bonchev–Trinajstić information content (AvgIpc) is 2.68. The first kappa shape index (κ1) is 28.0. The zero-order valence-corrected chi connectivity index (χ0v) is 20.1. The molecule has 1 aliphatic heterocycles. The topological polar surface area (TPSA) is 123 Å². The Morgan fingerprint density at radius 1 is 1.17 bits per heavy atom. The average molecular weight is 526 g/mol. The summed E-state index contributed by atoms with van der Waals surface area (Å²) in [5.41, 5.74) is -0.693. The van der Waals surface area contributed by atoms with Gasteiger partial charge in [0.25, 0.3) is 5.09 Å². The Bertz CT molecular complexity index is 1020. The summed E-state index contributed by atoms with van der Waals surface area (Å²) in [5.74, 6) is -1.57. The van der Waals surface area contributed by atoms with Gasteiger partial charge in [-0.2, -0.15) is 13.2 Å². The molecule has 0 fully saturated rings. The van der Waals surface area contributed by atoms with Gasteiger partial charge in [-0.25, -0.2) is 9.59 Å². The Balaban J connectivity index is 2.19. The molecule has 0 amide bonds. The number of ether oxygens (including phenoxy) is 4. The van der Waals surface area contributed by atoms with Crippen LogP contribution < -0.4 is 4.74 Å². The third kappa shape index (κ3) is 7.64. The predicted molar refractivity (Wildman–Crippen MR) is 114 cm³/mol. The monoisotopic (exact) mass is 525 g/mol. The van der Waals surface area contributed by atoms with Crippen LogP contribution in [0.1, 0.15) is 45.7 Å². The smallest absolute Gasteiger partial charge is 0.475 e. The van der Waals surface area contributed by atoms with Crippen LogP contribution in [0, 0.1) is 10.1 Å². The van der Waals surface area contributed by atoms with E-state index in [1.807, 2.05) is 20.8 Å². The Labute approximate surface area is 203 Å². The Hall–Kier alpha value is -3.22. The van der Waals surface area contributed by atoms with Crippen LogP contribution in [0.15, 0.2) is 17.7 Å². The summed E-state index contributed by atoms with van der Waals surface area (Å²) in [5, 5.41) is 9.32. The number of hydrogen-bond donors (Lipinski definition) is 0. The van der Waals surface area contributed by atoms with Crippen molar-refractivity contribution < 1.29 is 51.6 Å². The molecule has 0 aromatic heterocycles. The second-order valence-corrected chi connectivity index (χ2v) is 8.95. The lowest BCUT2D eigenvalue weighted by Crippen LogP contribution is -2.41. The molecule has 10 nitrogen and oxygen atoms in total. The van der Waals surface area contributed by atoms with Gasteiger partial charge in [-0.1, -0.05) is 32.4 Å². The van der Waals surface area contributed by atoms with E-state index < -0.39 is 59.5 Å². The lowest BCUT2D eigenvalue weighted by atomic mass is 9.85. The van der Waals surface area contributed by atoms with E-state index in [1.165, 1.54) is 19.1 Å². The molecule has 1 heterocycles. The first-order valence-corrected chi connectivity index (χ1v) is 10.5. The second-order valence-electron chi connectivity index (χ2n) is 8.55. The molecule has 1 aliphatic rings. The number of alkyl halides is 3. The van der Waals surface area contributed by atoms with E-state index in [0.29, 0.717) is 5.56 Å². The molecular formula is C21H23ClF3NO9. The highest BCUT2D eigenvalue weighted by Crippen LogP contribution is 2.42. The van der Waals surface area contributed by atoms with Crippen molar-refractivity contribution in [1.29, 1.82) is 0 Å². The van der Waals surface area contributed by atoms with Crippen LogP contribution in [0.4, 0.5) is 18.0 Å². The summed E-state index contributed by atoms with van der Waals surface area (Å²) >= 11 is 6.28. The summed E-state index contributed by atoms with van der Waals surface area (Å²) in [4.78, 5) is 38.4. The van der Waals surface area contributed by atoms with Crippen molar-refractivity contribution >= 4 is 29.8 Å². The number of nitrogens with zero attached hydrogens (tertiary/aromatic N) is 1. The van der Waals surface area contributed by atoms with E-state index in [-0.39, 0.29) is 16.3 Å². The third-order valence-corrected chi connectivity index (χ3v) is 4.84. The van der Waals surface area contributed by atoms with Crippen molar-refractivity contribution in [2.24, 2.45) is 0 Å². The van der Waals surface area contributed by atoms with Gasteiger partial charge in [-0.3, -0.25) is 0 Å². The van der Waals surface area contributed by atoms with Crippen molar-refractivity contribution in [2.75, 3.05) is 6.61 Å². The highest BCUT2D eigenvalue weighted by molar-refractivity contribution is 6.31. The molecule has 2 rings (SSSR count). The number of carbonyl (C=O) groups is 2. The first-order chi connectivity index (χ1) is 16.0. The van der Waals surface area contributed by atoms with Crippen LogP contribution in [0.3, 0.4) is 0 Å². The van der Waals surface area contributed by atoms with Crippen molar-refractivity contribution in [3.63, 3.8) is 0 Å². The zero-order valence-electron chi connectivity index (χ0n) is 19.3. The maximum Gasteiger partial charge on any atom is 0.511 e. The fourth-order valence-electron chi connectivity index (χ4n) is 2.97. The summed E-state index contributed by atoms with van der Waals surface area (Å²) in [7, 11) is 0. The highest BCUT2D eigenvalue weighted by Gasteiger charge is 2.49. The Kier molecular flexibility index (Phi) is 8.47. The third-order valence-electron chi connectivity index (χ3n) is 4.53. The molecule has 0 bridgehead atoms. The molecule has 0 radical (unpaired) electrons. The maximum absolute atomic E-state index is 13.7. The van der Waals surface area contributed by atoms with Gasteiger partial charge in [-0.05, 0) is 36.1 Å². The van der Waals surface area contributed by atoms with Gasteiger partial charge in [-0.15, -0.1) is 10.1 Å². The van der Waals surface area contributed by atoms with Crippen LogP contribution in [0.2, 0.25) is 5.02 Å². The van der Waals surface area contributed by atoms with Gasteiger partial charge in [0.15, 0.2) is 0 Å². The van der Waals surface area contributed by atoms with E-state index in [0.717, 1.165) is 13.0 Å². The molecule has 1 aromatic carbocycles. The van der Waals surface area contributed by atoms with E-state index in [1.54, 1.807) is 0 Å². The van der Waals surface area contributed by atoms with Crippen LogP contribution in [-0.4, -0.2) is 48.5 Å². The van der Waals surface area contributed by atoms with E-state index in [9.17, 15) is 32.9 Å². The molecule has 3 atom stereocenters. The second kappa shape index (κ2) is 10.6. The lowest BCUT2D eigenvalue weighted by molar-refractivity contribution is -0.759. The molecule has 0 spiro atoms. The van der Waals surface area contributed by atoms with Crippen molar-refractivity contribution in [3.05, 3.63) is 44.0 Å². The van der Waals surface area contributed by atoms with E-state index in [2.05, 4.69) is 14.3 Å². The molecule has 0 saturated heterocycles. The van der Waals surface area contributed by atoms with Gasteiger partial charge in [0.05, 0.1) is 5.57 Å². The summed E-state index contributed by atoms with van der Waals surface area (Å²) in [6, 6.07) is 2.77. The summed E-state index contributed by atoms with van der Waals surface area (Å²) < 4.78 is 60.4. The fraction of sp³-hybridized carbons (Fsp3) is 0.524. The van der Waals surface area contributed by atoms with Crippen molar-refractivity contribution in [2.45, 2.75) is 64.7 Å². The van der Waals surface area contributed by atoms with Crippen LogP contribution >= 0.6 is 11.6 Å². The number of halogens is 4. The molecule has 0 N–H and O–H groups in total. The molecule has 194 valence electrons. The SMILES string of the molecule is CC(OC(=O)O[C@@H](C)CO[N+](=O)[O-])OC(=O)C1=Cc2cc(Cl)c(C(C)(C)C)cc2OC1C(F)(F)F. The molecule has 1 aromatic rings. The van der Waals surface area contributed by atoms with E-state index >= 15 is 0 Å². The van der Waals surface area contributed by atoms with E-state index in [4.69, 9.17) is 21.1 Å². The number of benzene rings is 1. The Morgan fingerprint density at radius 2 is 1.80 bits per heavy atom. The normalized spacial score (nSPS) is 17.2. The number of hydrogen-bond acceptors (Lipinski definition) is 9. The van der Waals surface area contributed by atoms with Crippen molar-refractivity contribution in [3.8, 4) is 5.75 Å². The standard InChI is InChI=1S/C21H23ClF3NO9/c1-10(9-31-26(29)30)32-19(28)34-11(2)33-18(27)13-6-12-7-15(22)14(20(3,4)5)8-16(12)35-17(13)21(23,24)25/h6-8,10-11,17H,9H2,1-5H3/t10-,11?,17?/m0/s1. The van der Waals surface area contributed by atoms with Gasteiger partial charge in [0.2, 0.25) is 12.4 Å². The lowest BCUT2D eigenvalue weighted by Gasteiger charge is -2.30. The quantitative estimate of drug-likeness (QED) is 0.210. The number of esters is 1. The summed E-state index contributed by atoms with van der Waals surface area (Å²) in [6.07, 6.45) is -10.8. The van der Waals surface area contributed by atoms with Crippen LogP contribution in [0.25, 0.3) is 6.08 Å². The molecule has 0 aliphatic carbocycles. The Morgan fingerprint density at radius 3 is 2.34 bits per heavy atom. The van der Waals surface area contributed by atoms with Gasteiger partial charge >= 0.3 is 18.3 Å². The fourth-order valence-corrected chi connectivity index (χ4v) is 3.43. The zero-order chi connectivity index (χ0) is 26.7. The first-order valence-electron chi connectivity index (χ1n) is 10.1. The number of carbonyl (C=O) groups excluding carboxylic acids is 2. The van der Waals surface area contributed by atoms with Gasteiger partial charge in [0.1, 0.15) is 18.5 Å². The number of rotatable bonds is 7. The molecule has 35 heavy (non-hydrogen) atoms. The largest absolute Gasteiger partial charge is 0.511 e. The van der Waals surface area contributed by atoms with Gasteiger partial charge < -0.3 is 23.8 Å². The van der Waals surface area contributed by atoms with Crippen LogP contribution in [-0.2, 0) is 29.3 Å². The minimum atomic E-state index is -4.97. The number of fused-ring (bicyclic) bond motifs is 1. The molecule has 2 unspecified atom stereocenters. The maximum atomic E-state index is 13.7.